The van der Waals surface area contributed by atoms with Crippen LogP contribution in [0, 0.1) is 17.8 Å². The summed E-state index contributed by atoms with van der Waals surface area (Å²) in [6, 6.07) is 1.29. The first-order valence-corrected chi connectivity index (χ1v) is 7.73. The van der Waals surface area contributed by atoms with Crippen LogP contribution in [-0.4, -0.2) is 30.1 Å². The molecule has 0 aromatic rings. The van der Waals surface area contributed by atoms with E-state index in [4.69, 9.17) is 5.73 Å². The van der Waals surface area contributed by atoms with Crippen LogP contribution < -0.4 is 5.73 Å². The Labute approximate surface area is 106 Å². The van der Waals surface area contributed by atoms with Crippen molar-refractivity contribution < 1.29 is 0 Å². The van der Waals surface area contributed by atoms with Gasteiger partial charge in [0.25, 0.3) is 0 Å². The van der Waals surface area contributed by atoms with E-state index in [0.29, 0.717) is 6.04 Å². The normalized spacial score (nSPS) is 41.6. The predicted octanol–water partition coefficient (Wildman–Crippen LogP) is 2.62. The molecule has 0 aromatic carbocycles. The Balaban J connectivity index is 1.53. The van der Waals surface area contributed by atoms with Gasteiger partial charge in [-0.25, -0.2) is 0 Å². The molecule has 1 saturated heterocycles. The predicted molar refractivity (Wildman–Crippen MR) is 71.8 cm³/mol. The monoisotopic (exact) mass is 236 g/mol. The van der Waals surface area contributed by atoms with Crippen LogP contribution in [0.25, 0.3) is 0 Å². The van der Waals surface area contributed by atoms with Crippen molar-refractivity contribution in [3.05, 3.63) is 0 Å². The highest BCUT2D eigenvalue weighted by atomic mass is 15.2. The highest BCUT2D eigenvalue weighted by molar-refractivity contribution is 4.91. The van der Waals surface area contributed by atoms with E-state index in [9.17, 15) is 0 Å². The molecule has 4 unspecified atom stereocenters. The van der Waals surface area contributed by atoms with E-state index in [1.165, 1.54) is 58.0 Å². The largest absolute Gasteiger partial charge is 0.328 e. The van der Waals surface area contributed by atoms with Crippen LogP contribution in [0.3, 0.4) is 0 Å². The smallest absolute Gasteiger partial charge is 0.00981 e. The Morgan fingerprint density at radius 3 is 2.53 bits per heavy atom. The van der Waals surface area contributed by atoms with Crippen molar-refractivity contribution in [2.24, 2.45) is 23.5 Å². The Kier molecular flexibility index (Phi) is 3.45. The van der Waals surface area contributed by atoms with Gasteiger partial charge in [0.05, 0.1) is 0 Å². The third kappa shape index (κ3) is 2.68. The van der Waals surface area contributed by atoms with Crippen molar-refractivity contribution >= 4 is 0 Å². The van der Waals surface area contributed by atoms with E-state index in [0.717, 1.165) is 23.8 Å². The van der Waals surface area contributed by atoms with Gasteiger partial charge in [0.2, 0.25) is 0 Å². The molecule has 1 aliphatic heterocycles. The lowest BCUT2D eigenvalue weighted by molar-refractivity contribution is 0.142. The fourth-order valence-corrected chi connectivity index (χ4v) is 4.10. The molecular weight excluding hydrogens is 208 g/mol. The lowest BCUT2D eigenvalue weighted by Crippen LogP contribution is -2.39. The van der Waals surface area contributed by atoms with E-state index < -0.39 is 0 Å². The molecule has 0 radical (unpaired) electrons. The van der Waals surface area contributed by atoms with E-state index >= 15 is 0 Å². The number of nitrogens with zero attached hydrogens (tertiary/aromatic N) is 1. The van der Waals surface area contributed by atoms with Crippen LogP contribution in [0.2, 0.25) is 0 Å². The average Bonchev–Trinajstić information content (AvgIpc) is 3.06. The van der Waals surface area contributed by atoms with Gasteiger partial charge in [0.1, 0.15) is 0 Å². The molecule has 2 heteroatoms. The Hall–Kier alpha value is -0.0800. The van der Waals surface area contributed by atoms with Gasteiger partial charge in [-0.05, 0) is 63.3 Å². The summed E-state index contributed by atoms with van der Waals surface area (Å²) in [5.74, 6) is 2.95. The molecule has 0 spiro atoms. The first kappa shape index (κ1) is 12.0. The zero-order valence-electron chi connectivity index (χ0n) is 11.3. The maximum atomic E-state index is 6.05. The fraction of sp³-hybridized carbons (Fsp3) is 1.00. The molecule has 1 heterocycles. The minimum atomic E-state index is 0.391. The van der Waals surface area contributed by atoms with Crippen molar-refractivity contribution in [1.82, 2.24) is 4.90 Å². The lowest BCUT2D eigenvalue weighted by Gasteiger charge is -2.35. The number of hydrogen-bond donors (Lipinski definition) is 1. The molecule has 17 heavy (non-hydrogen) atoms. The molecular formula is C15H28N2. The van der Waals surface area contributed by atoms with Crippen LogP contribution in [0.15, 0.2) is 0 Å². The summed E-state index contributed by atoms with van der Waals surface area (Å²) in [6.45, 7) is 4.77. The second-order valence-corrected chi connectivity index (χ2v) is 6.82. The minimum Gasteiger partial charge on any atom is -0.328 e. The number of rotatable bonds is 3. The summed E-state index contributed by atoms with van der Waals surface area (Å²) >= 11 is 0. The van der Waals surface area contributed by atoms with Crippen molar-refractivity contribution in [2.45, 2.75) is 64.0 Å². The van der Waals surface area contributed by atoms with Gasteiger partial charge in [-0.2, -0.15) is 0 Å². The van der Waals surface area contributed by atoms with Crippen LogP contribution >= 0.6 is 0 Å². The minimum absolute atomic E-state index is 0.391. The standard InChI is InChI=1S/C15H28N2/c1-11(16)14-7-8-17(10-14)15-4-2-3-13(9-15)12-5-6-12/h11-15H,2-10,16H2,1H3. The molecule has 0 aromatic heterocycles. The Bertz CT molecular complexity index is 260. The number of nitrogens with two attached hydrogens (primary N) is 1. The van der Waals surface area contributed by atoms with E-state index in [-0.39, 0.29) is 0 Å². The third-order valence-corrected chi connectivity index (χ3v) is 5.49. The molecule has 0 bridgehead atoms. The lowest BCUT2D eigenvalue weighted by atomic mass is 9.82. The van der Waals surface area contributed by atoms with Crippen LogP contribution in [0.4, 0.5) is 0 Å². The first-order valence-electron chi connectivity index (χ1n) is 7.73. The zero-order valence-corrected chi connectivity index (χ0v) is 11.3. The number of likely N-dealkylation sites (tertiary alicyclic amines) is 1. The van der Waals surface area contributed by atoms with Crippen molar-refractivity contribution in [1.29, 1.82) is 0 Å². The maximum absolute atomic E-state index is 6.05. The third-order valence-electron chi connectivity index (χ3n) is 5.49. The van der Waals surface area contributed by atoms with Gasteiger partial charge in [-0.1, -0.05) is 12.8 Å². The Morgan fingerprint density at radius 2 is 1.88 bits per heavy atom. The van der Waals surface area contributed by atoms with Crippen LogP contribution in [-0.2, 0) is 0 Å². The van der Waals surface area contributed by atoms with Gasteiger partial charge < -0.3 is 10.6 Å². The van der Waals surface area contributed by atoms with Crippen LogP contribution in [0.1, 0.15) is 51.9 Å². The van der Waals surface area contributed by atoms with Gasteiger partial charge in [-0.15, -0.1) is 0 Å². The zero-order chi connectivity index (χ0) is 11.8. The number of hydrogen-bond acceptors (Lipinski definition) is 2. The van der Waals surface area contributed by atoms with Gasteiger partial charge >= 0.3 is 0 Å². The molecule has 0 amide bonds. The van der Waals surface area contributed by atoms with Gasteiger partial charge in [0, 0.05) is 18.6 Å². The summed E-state index contributed by atoms with van der Waals surface area (Å²) in [4.78, 5) is 2.77. The van der Waals surface area contributed by atoms with E-state index in [1.807, 2.05) is 0 Å². The SMILES string of the molecule is CC(N)C1CCN(C2CCCC(C3CC3)C2)C1. The van der Waals surface area contributed by atoms with Crippen molar-refractivity contribution in [3.8, 4) is 0 Å². The summed E-state index contributed by atoms with van der Waals surface area (Å²) in [6.07, 6.45) is 10.3. The van der Waals surface area contributed by atoms with E-state index in [1.54, 1.807) is 0 Å². The van der Waals surface area contributed by atoms with Crippen LogP contribution in [0.5, 0.6) is 0 Å². The molecule has 2 N–H and O–H groups in total. The maximum Gasteiger partial charge on any atom is 0.00981 e. The quantitative estimate of drug-likeness (QED) is 0.816. The fourth-order valence-electron chi connectivity index (χ4n) is 4.10. The van der Waals surface area contributed by atoms with Crippen molar-refractivity contribution in [3.63, 3.8) is 0 Å². The summed E-state index contributed by atoms with van der Waals surface area (Å²) < 4.78 is 0. The molecule has 3 fully saturated rings. The van der Waals surface area contributed by atoms with Gasteiger partial charge in [-0.3, -0.25) is 0 Å². The van der Waals surface area contributed by atoms with E-state index in [2.05, 4.69) is 11.8 Å². The summed E-state index contributed by atoms with van der Waals surface area (Å²) in [5, 5.41) is 0. The second-order valence-electron chi connectivity index (χ2n) is 6.82. The first-order chi connectivity index (χ1) is 8.24. The second kappa shape index (κ2) is 4.89. The average molecular weight is 236 g/mol. The molecule has 2 nitrogen and oxygen atoms in total. The summed E-state index contributed by atoms with van der Waals surface area (Å²) in [7, 11) is 0. The molecule has 3 rings (SSSR count). The summed E-state index contributed by atoms with van der Waals surface area (Å²) in [5.41, 5.74) is 6.05. The highest BCUT2D eigenvalue weighted by Gasteiger charge is 2.38. The molecule has 2 aliphatic carbocycles. The molecule has 4 atom stereocenters. The molecule has 2 saturated carbocycles. The Morgan fingerprint density at radius 1 is 1.06 bits per heavy atom. The topological polar surface area (TPSA) is 29.3 Å². The molecule has 98 valence electrons. The van der Waals surface area contributed by atoms with Gasteiger partial charge in [0.15, 0.2) is 0 Å². The van der Waals surface area contributed by atoms with Crippen molar-refractivity contribution in [2.75, 3.05) is 13.1 Å². The molecule has 3 aliphatic rings. The highest BCUT2D eigenvalue weighted by Crippen LogP contribution is 2.45.